The minimum absolute atomic E-state index is 0.123. The Bertz CT molecular complexity index is 706. The molecular formula is C16H20N4O. The van der Waals surface area contributed by atoms with Gasteiger partial charge in [0.15, 0.2) is 0 Å². The summed E-state index contributed by atoms with van der Waals surface area (Å²) in [7, 11) is 0. The predicted octanol–water partition coefficient (Wildman–Crippen LogP) is 2.28. The molecule has 0 saturated carbocycles. The normalized spacial score (nSPS) is 14.0. The lowest BCUT2D eigenvalue weighted by Crippen LogP contribution is -2.24. The molecule has 2 heterocycles. The van der Waals surface area contributed by atoms with E-state index in [0.29, 0.717) is 11.6 Å². The maximum atomic E-state index is 11.7. The van der Waals surface area contributed by atoms with Crippen LogP contribution in [0.4, 0.5) is 11.5 Å². The van der Waals surface area contributed by atoms with Crippen molar-refractivity contribution >= 4 is 11.5 Å². The minimum Gasteiger partial charge on any atom is -0.340 e. The number of nitrogens with zero attached hydrogens (tertiary/aromatic N) is 1. The van der Waals surface area contributed by atoms with E-state index in [9.17, 15) is 4.79 Å². The molecule has 1 aliphatic rings. The Balaban J connectivity index is 1.96. The smallest absolute Gasteiger partial charge is 0.252 e. The number of hydrogen-bond acceptors (Lipinski definition) is 4. The van der Waals surface area contributed by atoms with Gasteiger partial charge in [0.1, 0.15) is 11.6 Å². The zero-order chi connectivity index (χ0) is 14.8. The lowest BCUT2D eigenvalue weighted by Gasteiger charge is -2.21. The van der Waals surface area contributed by atoms with Crippen molar-refractivity contribution in [2.75, 3.05) is 11.9 Å². The molecule has 1 aromatic heterocycles. The first kappa shape index (κ1) is 13.8. The molecule has 0 radical (unpaired) electrons. The maximum Gasteiger partial charge on any atom is 0.252 e. The van der Waals surface area contributed by atoms with E-state index in [1.165, 1.54) is 17.2 Å². The number of aromatic amines is 1. The molecule has 0 bridgehead atoms. The van der Waals surface area contributed by atoms with Gasteiger partial charge in [-0.2, -0.15) is 0 Å². The van der Waals surface area contributed by atoms with E-state index in [1.807, 2.05) is 26.0 Å². The average Bonchev–Trinajstić information content (AvgIpc) is 2.47. The van der Waals surface area contributed by atoms with Crippen LogP contribution in [0.3, 0.4) is 0 Å². The molecule has 2 aromatic rings. The summed E-state index contributed by atoms with van der Waals surface area (Å²) in [6, 6.07) is 7.72. The molecule has 0 atom stereocenters. The van der Waals surface area contributed by atoms with E-state index in [0.717, 1.165) is 25.2 Å². The summed E-state index contributed by atoms with van der Waals surface area (Å²) in [5, 5.41) is 6.68. The Morgan fingerprint density at radius 2 is 2.19 bits per heavy atom. The summed E-state index contributed by atoms with van der Waals surface area (Å²) in [6.07, 6.45) is 0.985. The van der Waals surface area contributed by atoms with Crippen LogP contribution in [0.5, 0.6) is 0 Å². The molecule has 0 saturated heterocycles. The third kappa shape index (κ3) is 2.97. The molecule has 21 heavy (non-hydrogen) atoms. The number of benzene rings is 1. The Morgan fingerprint density at radius 1 is 1.33 bits per heavy atom. The van der Waals surface area contributed by atoms with Gasteiger partial charge < -0.3 is 15.6 Å². The van der Waals surface area contributed by atoms with Gasteiger partial charge in [-0.3, -0.25) is 4.79 Å². The van der Waals surface area contributed by atoms with Gasteiger partial charge in [-0.05, 0) is 30.2 Å². The fourth-order valence-corrected chi connectivity index (χ4v) is 2.60. The first-order valence-electron chi connectivity index (χ1n) is 7.33. The molecule has 1 aromatic carbocycles. The topological polar surface area (TPSA) is 69.8 Å². The van der Waals surface area contributed by atoms with Gasteiger partial charge in [-0.1, -0.05) is 26.0 Å². The van der Waals surface area contributed by atoms with E-state index < -0.39 is 0 Å². The Labute approximate surface area is 123 Å². The highest BCUT2D eigenvalue weighted by Crippen LogP contribution is 2.25. The summed E-state index contributed by atoms with van der Waals surface area (Å²) in [5.41, 5.74) is 3.54. The van der Waals surface area contributed by atoms with Crippen LogP contribution in [-0.4, -0.2) is 16.5 Å². The summed E-state index contributed by atoms with van der Waals surface area (Å²) in [5.74, 6) is 1.50. The van der Waals surface area contributed by atoms with E-state index in [4.69, 9.17) is 0 Å². The fraction of sp³-hybridized carbons (Fsp3) is 0.375. The van der Waals surface area contributed by atoms with Crippen molar-refractivity contribution in [3.8, 4) is 0 Å². The number of hydrogen-bond donors (Lipinski definition) is 3. The fourth-order valence-electron chi connectivity index (χ4n) is 2.60. The van der Waals surface area contributed by atoms with Crippen molar-refractivity contribution < 1.29 is 0 Å². The van der Waals surface area contributed by atoms with Crippen molar-refractivity contribution in [2.24, 2.45) is 0 Å². The summed E-state index contributed by atoms with van der Waals surface area (Å²) in [6.45, 7) is 5.90. The van der Waals surface area contributed by atoms with E-state index >= 15 is 0 Å². The molecule has 3 rings (SSSR count). The molecule has 110 valence electrons. The second-order valence-corrected chi connectivity index (χ2v) is 5.67. The van der Waals surface area contributed by atoms with Crippen LogP contribution in [0.2, 0.25) is 0 Å². The molecule has 1 aliphatic heterocycles. The summed E-state index contributed by atoms with van der Waals surface area (Å²) < 4.78 is 0. The van der Waals surface area contributed by atoms with Crippen molar-refractivity contribution in [3.05, 3.63) is 51.6 Å². The molecule has 5 heteroatoms. The Hall–Kier alpha value is -2.14. The van der Waals surface area contributed by atoms with Crippen LogP contribution in [0.15, 0.2) is 29.1 Å². The maximum absolute atomic E-state index is 11.7. The number of nitrogens with one attached hydrogen (secondary N) is 3. The molecule has 3 N–H and O–H groups in total. The van der Waals surface area contributed by atoms with Gasteiger partial charge in [0.2, 0.25) is 0 Å². The number of anilines is 2. The van der Waals surface area contributed by atoms with Crippen molar-refractivity contribution in [1.29, 1.82) is 0 Å². The van der Waals surface area contributed by atoms with Crippen molar-refractivity contribution in [1.82, 2.24) is 15.3 Å². The van der Waals surface area contributed by atoms with Crippen LogP contribution in [-0.2, 0) is 13.0 Å². The number of H-pyrrole nitrogens is 1. The highest BCUT2D eigenvalue weighted by molar-refractivity contribution is 5.63. The highest BCUT2D eigenvalue weighted by atomic mass is 16.1. The Morgan fingerprint density at radius 3 is 3.00 bits per heavy atom. The average molecular weight is 284 g/mol. The van der Waals surface area contributed by atoms with Gasteiger partial charge >= 0.3 is 0 Å². The third-order valence-electron chi connectivity index (χ3n) is 3.71. The minimum atomic E-state index is -0.123. The molecule has 0 aliphatic carbocycles. The first-order valence-corrected chi connectivity index (χ1v) is 7.33. The van der Waals surface area contributed by atoms with Crippen LogP contribution >= 0.6 is 0 Å². The molecular weight excluding hydrogens is 264 g/mol. The zero-order valence-electron chi connectivity index (χ0n) is 12.4. The second-order valence-electron chi connectivity index (χ2n) is 5.67. The van der Waals surface area contributed by atoms with Gasteiger partial charge in [0.25, 0.3) is 5.56 Å². The van der Waals surface area contributed by atoms with Crippen LogP contribution in [0, 0.1) is 0 Å². The van der Waals surface area contributed by atoms with E-state index in [1.54, 1.807) is 0 Å². The number of aromatic nitrogens is 2. The lowest BCUT2D eigenvalue weighted by molar-refractivity contribution is 0.645. The van der Waals surface area contributed by atoms with Crippen LogP contribution in [0.25, 0.3) is 0 Å². The zero-order valence-corrected chi connectivity index (χ0v) is 12.4. The summed E-state index contributed by atoms with van der Waals surface area (Å²) >= 11 is 0. The molecule has 0 amide bonds. The van der Waals surface area contributed by atoms with Crippen molar-refractivity contribution in [2.45, 2.75) is 32.7 Å². The monoisotopic (exact) mass is 284 g/mol. The number of rotatable bonds is 3. The highest BCUT2D eigenvalue weighted by Gasteiger charge is 2.13. The van der Waals surface area contributed by atoms with Crippen LogP contribution < -0.4 is 16.2 Å². The summed E-state index contributed by atoms with van der Waals surface area (Å²) in [4.78, 5) is 19.0. The third-order valence-corrected chi connectivity index (χ3v) is 3.71. The van der Waals surface area contributed by atoms with Crippen LogP contribution in [0.1, 0.15) is 36.7 Å². The van der Waals surface area contributed by atoms with Gasteiger partial charge in [-0.25, -0.2) is 4.98 Å². The van der Waals surface area contributed by atoms with Gasteiger partial charge in [0, 0.05) is 24.2 Å². The van der Waals surface area contributed by atoms with Gasteiger partial charge in [0.05, 0.1) is 0 Å². The lowest BCUT2D eigenvalue weighted by atomic mass is 9.99. The van der Waals surface area contributed by atoms with E-state index in [2.05, 4.69) is 26.7 Å². The first-order chi connectivity index (χ1) is 10.1. The van der Waals surface area contributed by atoms with Gasteiger partial charge in [-0.15, -0.1) is 0 Å². The molecule has 0 unspecified atom stereocenters. The second kappa shape index (κ2) is 5.69. The standard InChI is InChI=1S/C16H20N4O/c1-10(2)16-19-14(8-15(21)20-16)18-13-5-3-4-11-9-17-7-6-12(11)13/h3-5,8,10,17H,6-7,9H2,1-2H3,(H2,18,19,20,21). The van der Waals surface area contributed by atoms with Crippen molar-refractivity contribution in [3.63, 3.8) is 0 Å². The SMILES string of the molecule is CC(C)c1nc(Nc2cccc3c2CCNC3)cc(=O)[nH]1. The largest absolute Gasteiger partial charge is 0.340 e. The predicted molar refractivity (Wildman–Crippen MR) is 84.1 cm³/mol. The molecule has 5 nitrogen and oxygen atoms in total. The number of fused-ring (bicyclic) bond motifs is 1. The van der Waals surface area contributed by atoms with E-state index in [-0.39, 0.29) is 11.5 Å². The molecule has 0 spiro atoms. The Kier molecular flexibility index (Phi) is 3.75. The quantitative estimate of drug-likeness (QED) is 0.809. The molecule has 0 fully saturated rings.